The van der Waals surface area contributed by atoms with Gasteiger partial charge in [0.1, 0.15) is 0 Å². The van der Waals surface area contributed by atoms with Crippen molar-refractivity contribution in [1.82, 2.24) is 10.6 Å². The summed E-state index contributed by atoms with van der Waals surface area (Å²) in [6, 6.07) is 13.3. The molecule has 1 aromatic heterocycles. The molecule has 0 saturated heterocycles. The van der Waals surface area contributed by atoms with E-state index in [1.807, 2.05) is 11.3 Å². The summed E-state index contributed by atoms with van der Waals surface area (Å²) in [6.45, 7) is 1.74. The van der Waals surface area contributed by atoms with Crippen LogP contribution in [0.3, 0.4) is 0 Å². The van der Waals surface area contributed by atoms with E-state index in [0.29, 0.717) is 17.4 Å². The maximum atomic E-state index is 12.0. The highest BCUT2D eigenvalue weighted by Crippen LogP contribution is 2.63. The van der Waals surface area contributed by atoms with E-state index in [0.717, 1.165) is 49.2 Å². The quantitative estimate of drug-likeness (QED) is 0.391. The lowest BCUT2D eigenvalue weighted by atomic mass is 9.46. The number of hydrogen-bond donors (Lipinski definition) is 3. The first kappa shape index (κ1) is 24.2. The highest BCUT2D eigenvalue weighted by molar-refractivity contribution is 7.09. The number of rotatable bonds is 6. The molecule has 0 aliphatic heterocycles. The summed E-state index contributed by atoms with van der Waals surface area (Å²) in [6.07, 6.45) is 14.2. The third-order valence-electron chi connectivity index (χ3n) is 11.6. The van der Waals surface area contributed by atoms with Crippen LogP contribution in [0.4, 0.5) is 0 Å². The molecule has 8 aliphatic carbocycles. The Balaban J connectivity index is 0.928. The van der Waals surface area contributed by atoms with Crippen molar-refractivity contribution in [3.63, 3.8) is 0 Å². The molecule has 8 bridgehead atoms. The lowest BCUT2D eigenvalue weighted by Crippen LogP contribution is -2.67. The second kappa shape index (κ2) is 8.93. The van der Waals surface area contributed by atoms with Crippen LogP contribution in [0.15, 0.2) is 41.8 Å². The summed E-state index contributed by atoms with van der Waals surface area (Å²) in [5.41, 5.74) is 2.34. The predicted molar refractivity (Wildman–Crippen MR) is 154 cm³/mol. The average Bonchev–Trinajstić information content (AvgIpc) is 3.38. The van der Waals surface area contributed by atoms with Gasteiger partial charge in [0.2, 0.25) is 0 Å². The van der Waals surface area contributed by atoms with Gasteiger partial charge in [-0.1, -0.05) is 30.0 Å². The van der Waals surface area contributed by atoms with Crippen molar-refractivity contribution in [3.05, 3.63) is 57.8 Å². The zero-order valence-corrected chi connectivity index (χ0v) is 23.4. The third kappa shape index (κ3) is 4.21. The third-order valence-corrected chi connectivity index (χ3v) is 12.5. The minimum atomic E-state index is -0.582. The van der Waals surface area contributed by atoms with Gasteiger partial charge in [-0.15, -0.1) is 11.3 Å². The van der Waals surface area contributed by atoms with Gasteiger partial charge >= 0.3 is 0 Å². The van der Waals surface area contributed by atoms with Crippen LogP contribution in [-0.4, -0.2) is 28.3 Å². The zero-order chi connectivity index (χ0) is 25.4. The SMILES string of the molecule is OC12CC3CC(CC(NCc4cccs4)(C3)C1)C2c1ccc(C#CCNC23CC4CC(CC(C4)C2)C3)cc1. The molecule has 8 aliphatic rings. The van der Waals surface area contributed by atoms with E-state index in [4.69, 9.17) is 0 Å². The van der Waals surface area contributed by atoms with Crippen molar-refractivity contribution in [2.45, 2.75) is 99.8 Å². The molecule has 0 radical (unpaired) electrons. The summed E-state index contributed by atoms with van der Waals surface area (Å²) < 4.78 is 0. The van der Waals surface area contributed by atoms with Gasteiger partial charge in [-0.25, -0.2) is 0 Å². The van der Waals surface area contributed by atoms with Gasteiger partial charge in [0.25, 0.3) is 0 Å². The van der Waals surface area contributed by atoms with Gasteiger partial charge in [-0.3, -0.25) is 0 Å². The van der Waals surface area contributed by atoms with Crippen molar-refractivity contribution in [2.24, 2.45) is 29.6 Å². The lowest BCUT2D eigenvalue weighted by molar-refractivity contribution is -0.160. The van der Waals surface area contributed by atoms with Gasteiger partial charge in [-0.05, 0) is 129 Å². The van der Waals surface area contributed by atoms with Crippen LogP contribution in [-0.2, 0) is 6.54 Å². The number of nitrogens with one attached hydrogen (secondary N) is 2. The Morgan fingerprint density at radius 3 is 2.24 bits per heavy atom. The minimum Gasteiger partial charge on any atom is -0.389 e. The monoisotopic (exact) mass is 526 g/mol. The molecule has 1 aromatic carbocycles. The Morgan fingerprint density at radius 1 is 0.816 bits per heavy atom. The van der Waals surface area contributed by atoms with Gasteiger partial charge in [0.05, 0.1) is 12.1 Å². The summed E-state index contributed by atoms with van der Waals surface area (Å²) in [7, 11) is 0. The first-order valence-electron chi connectivity index (χ1n) is 15.3. The highest BCUT2D eigenvalue weighted by Gasteiger charge is 2.62. The van der Waals surface area contributed by atoms with Crippen LogP contribution >= 0.6 is 11.3 Å². The van der Waals surface area contributed by atoms with Crippen molar-refractivity contribution in [2.75, 3.05) is 6.54 Å². The smallest absolute Gasteiger partial charge is 0.0738 e. The molecule has 200 valence electrons. The van der Waals surface area contributed by atoms with E-state index in [2.05, 4.69) is 64.3 Å². The minimum absolute atomic E-state index is 0.107. The summed E-state index contributed by atoms with van der Waals surface area (Å²) in [4.78, 5) is 1.40. The van der Waals surface area contributed by atoms with Crippen LogP contribution in [0, 0.1) is 41.4 Å². The number of hydrogen-bond acceptors (Lipinski definition) is 4. The first-order valence-corrected chi connectivity index (χ1v) is 16.2. The largest absolute Gasteiger partial charge is 0.389 e. The summed E-state index contributed by atoms with van der Waals surface area (Å²) >= 11 is 1.83. The second-order valence-corrected chi connectivity index (χ2v) is 15.5. The Morgan fingerprint density at radius 2 is 1.55 bits per heavy atom. The lowest BCUT2D eigenvalue weighted by Gasteiger charge is -2.64. The standard InChI is InChI=1S/C34H42N2OS/c37-34-19-27-14-29(20-33(18-27,22-34)36-21-30-4-2-10-38-30)31(34)28-7-5-23(6-8-28)3-1-9-35-32-15-24-11-25(16-32)13-26(12-24)17-32/h2,4-8,10,24-27,29,31,35-37H,9,11-22H2. The van der Waals surface area contributed by atoms with Gasteiger partial charge in [0, 0.05) is 34.0 Å². The maximum Gasteiger partial charge on any atom is 0.0738 e. The molecule has 3 N–H and O–H groups in total. The van der Waals surface area contributed by atoms with Crippen molar-refractivity contribution in [1.29, 1.82) is 0 Å². The fourth-order valence-electron chi connectivity index (χ4n) is 11.1. The van der Waals surface area contributed by atoms with Crippen molar-refractivity contribution < 1.29 is 5.11 Å². The van der Waals surface area contributed by atoms with E-state index in [9.17, 15) is 5.11 Å². The number of thiophene rings is 1. The molecule has 1 heterocycles. The fourth-order valence-corrected chi connectivity index (χ4v) is 11.7. The van der Waals surface area contributed by atoms with Crippen molar-refractivity contribution >= 4 is 11.3 Å². The maximum absolute atomic E-state index is 12.0. The molecule has 0 spiro atoms. The van der Waals surface area contributed by atoms with Gasteiger partial charge in [-0.2, -0.15) is 0 Å². The molecule has 8 fully saturated rings. The molecule has 0 amide bonds. The number of aliphatic hydroxyl groups is 1. The summed E-state index contributed by atoms with van der Waals surface area (Å²) in [5.74, 6) is 11.3. The van der Waals surface area contributed by atoms with Gasteiger partial charge < -0.3 is 15.7 Å². The van der Waals surface area contributed by atoms with E-state index in [-0.39, 0.29) is 11.5 Å². The topological polar surface area (TPSA) is 44.3 Å². The second-order valence-electron chi connectivity index (χ2n) is 14.4. The Kier molecular flexibility index (Phi) is 5.68. The molecule has 4 heteroatoms. The molecule has 38 heavy (non-hydrogen) atoms. The Bertz CT molecular complexity index is 1210. The molecular weight excluding hydrogens is 484 g/mol. The van der Waals surface area contributed by atoms with Crippen LogP contribution in [0.2, 0.25) is 0 Å². The van der Waals surface area contributed by atoms with Crippen molar-refractivity contribution in [3.8, 4) is 11.8 Å². The number of benzene rings is 1. The first-order chi connectivity index (χ1) is 18.5. The van der Waals surface area contributed by atoms with E-state index >= 15 is 0 Å². The fraction of sp³-hybridized carbons (Fsp3) is 0.647. The Hall–Kier alpha value is -1.64. The molecule has 3 nitrogen and oxygen atoms in total. The van der Waals surface area contributed by atoms with Gasteiger partial charge in [0.15, 0.2) is 0 Å². The summed E-state index contributed by atoms with van der Waals surface area (Å²) in [5, 5.41) is 22.0. The van der Waals surface area contributed by atoms with E-state index in [1.165, 1.54) is 68.2 Å². The molecular formula is C34H42N2OS. The molecule has 5 atom stereocenters. The van der Waals surface area contributed by atoms with Crippen LogP contribution in [0.5, 0.6) is 0 Å². The molecule has 10 rings (SSSR count). The average molecular weight is 527 g/mol. The Labute approximate surface area is 232 Å². The van der Waals surface area contributed by atoms with Crippen LogP contribution in [0.25, 0.3) is 0 Å². The predicted octanol–water partition coefficient (Wildman–Crippen LogP) is 6.23. The van der Waals surface area contributed by atoms with E-state index < -0.39 is 5.60 Å². The van der Waals surface area contributed by atoms with Crippen LogP contribution in [0.1, 0.15) is 92.6 Å². The molecule has 2 aromatic rings. The zero-order valence-electron chi connectivity index (χ0n) is 22.6. The molecule has 8 saturated carbocycles. The molecule has 5 unspecified atom stereocenters. The highest BCUT2D eigenvalue weighted by atomic mass is 32.1. The van der Waals surface area contributed by atoms with E-state index in [1.54, 1.807) is 0 Å². The van der Waals surface area contributed by atoms with Crippen LogP contribution < -0.4 is 10.6 Å². The normalized spacial score (nSPS) is 43.8.